The molecular weight excluding hydrogens is 246 g/mol. The first-order valence-corrected chi connectivity index (χ1v) is 4.91. The van der Waals surface area contributed by atoms with Crippen LogP contribution in [0.1, 0.15) is 12.8 Å². The van der Waals surface area contributed by atoms with Crippen LogP contribution in [-0.4, -0.2) is 31.2 Å². The first kappa shape index (κ1) is 18.0. The van der Waals surface area contributed by atoms with Crippen LogP contribution >= 0.6 is 12.4 Å². The van der Waals surface area contributed by atoms with E-state index < -0.39 is 18.0 Å². The summed E-state index contributed by atoms with van der Waals surface area (Å²) in [5, 5.41) is 0. The Hall–Kier alpha value is -1.33. The minimum Gasteiger partial charge on any atom is -0.461 e. The molecular formula is C11H18ClNO4. The molecule has 0 radical (unpaired) electrons. The normalized spacial score (nSPS) is 10.6. The van der Waals surface area contributed by atoms with E-state index in [1.807, 2.05) is 0 Å². The van der Waals surface area contributed by atoms with Crippen molar-refractivity contribution < 1.29 is 19.1 Å². The number of esters is 2. The molecule has 0 heterocycles. The number of hydrogen-bond acceptors (Lipinski definition) is 5. The summed E-state index contributed by atoms with van der Waals surface area (Å²) in [5.74, 6) is -0.955. The summed E-state index contributed by atoms with van der Waals surface area (Å²) in [6.07, 6.45) is 3.20. The van der Waals surface area contributed by atoms with Crippen LogP contribution in [0.2, 0.25) is 0 Å². The van der Waals surface area contributed by atoms with E-state index >= 15 is 0 Å². The van der Waals surface area contributed by atoms with Crippen LogP contribution in [0.5, 0.6) is 0 Å². The Balaban J connectivity index is 0. The lowest BCUT2D eigenvalue weighted by Gasteiger charge is -2.09. The molecule has 0 fully saturated rings. The van der Waals surface area contributed by atoms with Gasteiger partial charge >= 0.3 is 11.9 Å². The van der Waals surface area contributed by atoms with Gasteiger partial charge in [-0.05, 0) is 6.42 Å². The standard InChI is InChI=1S/C11H17NO4.ClH/c1-3-7-15-10(13)6-5-9(12)11(14)16-8-4-2;/h3-4,9H,1-2,5-8,12H2;1H. The van der Waals surface area contributed by atoms with E-state index in [4.69, 9.17) is 15.2 Å². The van der Waals surface area contributed by atoms with Crippen LogP contribution in [0, 0.1) is 0 Å². The van der Waals surface area contributed by atoms with E-state index in [2.05, 4.69) is 13.2 Å². The van der Waals surface area contributed by atoms with E-state index in [-0.39, 0.29) is 38.5 Å². The van der Waals surface area contributed by atoms with Gasteiger partial charge < -0.3 is 15.2 Å². The van der Waals surface area contributed by atoms with Crippen molar-refractivity contribution in [2.45, 2.75) is 18.9 Å². The highest BCUT2D eigenvalue weighted by atomic mass is 35.5. The van der Waals surface area contributed by atoms with Gasteiger partial charge in [0, 0.05) is 6.42 Å². The lowest BCUT2D eigenvalue weighted by molar-refractivity contribution is -0.145. The van der Waals surface area contributed by atoms with Gasteiger partial charge in [0.25, 0.3) is 0 Å². The number of hydrogen-bond donors (Lipinski definition) is 1. The molecule has 5 nitrogen and oxygen atoms in total. The molecule has 0 bridgehead atoms. The second-order valence-corrected chi connectivity index (χ2v) is 3.04. The molecule has 98 valence electrons. The monoisotopic (exact) mass is 263 g/mol. The lowest BCUT2D eigenvalue weighted by Crippen LogP contribution is -2.33. The number of carbonyl (C=O) groups excluding carboxylic acids is 2. The van der Waals surface area contributed by atoms with E-state index in [0.717, 1.165) is 0 Å². The Kier molecular flexibility index (Phi) is 11.9. The van der Waals surface area contributed by atoms with Gasteiger partial charge in [-0.25, -0.2) is 0 Å². The Morgan fingerprint density at radius 1 is 1.18 bits per heavy atom. The predicted octanol–water partition coefficient (Wildman–Crippen LogP) is 0.974. The molecule has 0 saturated heterocycles. The maximum atomic E-state index is 11.2. The smallest absolute Gasteiger partial charge is 0.323 e. The summed E-state index contributed by atoms with van der Waals surface area (Å²) in [5.41, 5.74) is 5.50. The Morgan fingerprint density at radius 3 is 2.24 bits per heavy atom. The largest absolute Gasteiger partial charge is 0.461 e. The molecule has 0 aromatic heterocycles. The van der Waals surface area contributed by atoms with E-state index in [1.54, 1.807) is 0 Å². The van der Waals surface area contributed by atoms with Crippen molar-refractivity contribution in [1.29, 1.82) is 0 Å². The van der Waals surface area contributed by atoms with Gasteiger partial charge in [0.2, 0.25) is 0 Å². The molecule has 1 unspecified atom stereocenters. The van der Waals surface area contributed by atoms with E-state index in [0.29, 0.717) is 0 Å². The lowest BCUT2D eigenvalue weighted by atomic mass is 10.2. The average Bonchev–Trinajstić information content (AvgIpc) is 2.30. The zero-order valence-electron chi connectivity index (χ0n) is 9.59. The Morgan fingerprint density at radius 2 is 1.71 bits per heavy atom. The number of halogens is 1. The number of nitrogens with two attached hydrogens (primary N) is 1. The molecule has 0 saturated carbocycles. The predicted molar refractivity (Wildman–Crippen MR) is 66.8 cm³/mol. The molecule has 0 spiro atoms. The molecule has 2 N–H and O–H groups in total. The van der Waals surface area contributed by atoms with Crippen molar-refractivity contribution in [1.82, 2.24) is 0 Å². The second kappa shape index (κ2) is 11.2. The van der Waals surface area contributed by atoms with Crippen LogP contribution in [0.15, 0.2) is 25.3 Å². The molecule has 0 aliphatic heterocycles. The Bertz CT molecular complexity index is 268. The van der Waals surface area contributed by atoms with Gasteiger partial charge in [-0.3, -0.25) is 9.59 Å². The fourth-order valence-electron chi connectivity index (χ4n) is 0.863. The second-order valence-electron chi connectivity index (χ2n) is 3.04. The molecule has 0 amide bonds. The molecule has 1 atom stereocenters. The quantitative estimate of drug-likeness (QED) is 0.522. The Labute approximate surface area is 107 Å². The number of rotatable bonds is 8. The molecule has 0 aliphatic carbocycles. The zero-order chi connectivity index (χ0) is 12.4. The number of ether oxygens (including phenoxy) is 2. The summed E-state index contributed by atoms with van der Waals surface area (Å²) in [6.45, 7) is 7.08. The molecule has 0 aliphatic rings. The summed E-state index contributed by atoms with van der Waals surface area (Å²) >= 11 is 0. The summed E-state index contributed by atoms with van der Waals surface area (Å²) in [6, 6.07) is -0.809. The van der Waals surface area contributed by atoms with Crippen LogP contribution in [0.3, 0.4) is 0 Å². The third-order valence-electron chi connectivity index (χ3n) is 1.67. The molecule has 17 heavy (non-hydrogen) atoms. The molecule has 0 aromatic rings. The third-order valence-corrected chi connectivity index (χ3v) is 1.67. The number of carbonyl (C=O) groups is 2. The third kappa shape index (κ3) is 9.59. The first-order chi connectivity index (χ1) is 7.61. The fraction of sp³-hybridized carbons (Fsp3) is 0.455. The van der Waals surface area contributed by atoms with Crippen molar-refractivity contribution in [2.75, 3.05) is 13.2 Å². The van der Waals surface area contributed by atoms with Crippen molar-refractivity contribution in [3.8, 4) is 0 Å². The van der Waals surface area contributed by atoms with Crippen molar-refractivity contribution in [3.05, 3.63) is 25.3 Å². The van der Waals surface area contributed by atoms with Crippen LogP contribution < -0.4 is 5.73 Å². The van der Waals surface area contributed by atoms with E-state index in [1.165, 1.54) is 12.2 Å². The highest BCUT2D eigenvalue weighted by Gasteiger charge is 2.16. The SMILES string of the molecule is C=CCOC(=O)CCC(N)C(=O)OCC=C.Cl. The van der Waals surface area contributed by atoms with Crippen LogP contribution in [0.4, 0.5) is 0 Å². The molecule has 0 rings (SSSR count). The van der Waals surface area contributed by atoms with Gasteiger partial charge in [-0.15, -0.1) is 12.4 Å². The van der Waals surface area contributed by atoms with E-state index in [9.17, 15) is 9.59 Å². The van der Waals surface area contributed by atoms with Gasteiger partial charge in [-0.2, -0.15) is 0 Å². The van der Waals surface area contributed by atoms with Gasteiger partial charge in [0.05, 0.1) is 0 Å². The van der Waals surface area contributed by atoms with Gasteiger partial charge in [0.1, 0.15) is 19.3 Å². The van der Waals surface area contributed by atoms with Gasteiger partial charge in [-0.1, -0.05) is 25.3 Å². The highest BCUT2D eigenvalue weighted by Crippen LogP contribution is 1.99. The zero-order valence-corrected chi connectivity index (χ0v) is 10.4. The summed E-state index contributed by atoms with van der Waals surface area (Å²) in [4.78, 5) is 22.2. The van der Waals surface area contributed by atoms with Crippen molar-refractivity contribution >= 4 is 24.3 Å². The van der Waals surface area contributed by atoms with Crippen molar-refractivity contribution in [3.63, 3.8) is 0 Å². The van der Waals surface area contributed by atoms with Crippen LogP contribution in [0.25, 0.3) is 0 Å². The van der Waals surface area contributed by atoms with Crippen LogP contribution in [-0.2, 0) is 19.1 Å². The maximum absolute atomic E-state index is 11.2. The summed E-state index contributed by atoms with van der Waals surface area (Å²) < 4.78 is 9.44. The molecule has 6 heteroatoms. The minimum absolute atomic E-state index is 0. The summed E-state index contributed by atoms with van der Waals surface area (Å²) in [7, 11) is 0. The topological polar surface area (TPSA) is 78.6 Å². The average molecular weight is 264 g/mol. The fourth-order valence-corrected chi connectivity index (χ4v) is 0.863. The maximum Gasteiger partial charge on any atom is 0.323 e. The molecule has 0 aromatic carbocycles. The van der Waals surface area contributed by atoms with Crippen molar-refractivity contribution in [2.24, 2.45) is 5.73 Å². The van der Waals surface area contributed by atoms with Gasteiger partial charge in [0.15, 0.2) is 0 Å². The first-order valence-electron chi connectivity index (χ1n) is 4.91. The highest BCUT2D eigenvalue weighted by molar-refractivity contribution is 5.85. The minimum atomic E-state index is -0.809.